The third-order valence-corrected chi connectivity index (χ3v) is 3.14. The van der Waals surface area contributed by atoms with Crippen molar-refractivity contribution in [2.24, 2.45) is 11.3 Å². The zero-order valence-electron chi connectivity index (χ0n) is 11.6. The highest BCUT2D eigenvalue weighted by atomic mass is 16.2. The molecule has 0 aromatic heterocycles. The number of carbonyl (C=O) groups excluding carboxylic acids is 2. The van der Waals surface area contributed by atoms with Crippen LogP contribution in [0.25, 0.3) is 0 Å². The van der Waals surface area contributed by atoms with Gasteiger partial charge in [-0.1, -0.05) is 20.8 Å². The van der Waals surface area contributed by atoms with Crippen molar-refractivity contribution < 1.29 is 9.59 Å². The second kappa shape index (κ2) is 5.07. The molecule has 1 fully saturated rings. The Morgan fingerprint density at radius 1 is 1.24 bits per heavy atom. The monoisotopic (exact) mass is 240 g/mol. The first-order chi connectivity index (χ1) is 7.73. The Balaban J connectivity index is 2.67. The van der Waals surface area contributed by atoms with E-state index < -0.39 is 0 Å². The SMILES string of the molecule is CN(C)C(=O)C1CCCN(C(=O)C(C)(C)C)C1. The standard InChI is InChI=1S/C13H24N2O2/c1-13(2,3)12(17)15-8-6-7-10(9-15)11(16)14(4)5/h10H,6-9H2,1-5H3. The molecule has 0 radical (unpaired) electrons. The molecule has 98 valence electrons. The fourth-order valence-electron chi connectivity index (χ4n) is 2.20. The first-order valence-corrected chi connectivity index (χ1v) is 6.24. The number of hydrogen-bond acceptors (Lipinski definition) is 2. The van der Waals surface area contributed by atoms with Gasteiger partial charge in [-0.15, -0.1) is 0 Å². The molecule has 0 aromatic carbocycles. The van der Waals surface area contributed by atoms with Gasteiger partial charge >= 0.3 is 0 Å². The molecule has 0 aromatic rings. The lowest BCUT2D eigenvalue weighted by Crippen LogP contribution is -2.48. The van der Waals surface area contributed by atoms with Gasteiger partial charge in [0.1, 0.15) is 0 Å². The second-order valence-electron chi connectivity index (χ2n) is 6.07. The van der Waals surface area contributed by atoms with E-state index in [9.17, 15) is 9.59 Å². The summed E-state index contributed by atoms with van der Waals surface area (Å²) < 4.78 is 0. The molecule has 17 heavy (non-hydrogen) atoms. The predicted octanol–water partition coefficient (Wildman–Crippen LogP) is 1.36. The summed E-state index contributed by atoms with van der Waals surface area (Å²) in [5.41, 5.74) is -0.358. The summed E-state index contributed by atoms with van der Waals surface area (Å²) in [5, 5.41) is 0. The number of hydrogen-bond donors (Lipinski definition) is 0. The van der Waals surface area contributed by atoms with Gasteiger partial charge in [0.25, 0.3) is 0 Å². The molecular weight excluding hydrogens is 216 g/mol. The second-order valence-corrected chi connectivity index (χ2v) is 6.07. The molecule has 0 saturated carbocycles. The predicted molar refractivity (Wildman–Crippen MR) is 67.5 cm³/mol. The van der Waals surface area contributed by atoms with Gasteiger partial charge in [-0.2, -0.15) is 0 Å². The number of rotatable bonds is 1. The molecule has 0 aliphatic carbocycles. The van der Waals surface area contributed by atoms with E-state index in [1.165, 1.54) is 0 Å². The van der Waals surface area contributed by atoms with Gasteiger partial charge < -0.3 is 9.80 Å². The van der Waals surface area contributed by atoms with Crippen LogP contribution < -0.4 is 0 Å². The average molecular weight is 240 g/mol. The molecule has 1 aliphatic heterocycles. The Morgan fingerprint density at radius 3 is 2.29 bits per heavy atom. The van der Waals surface area contributed by atoms with Crippen molar-refractivity contribution in [3.63, 3.8) is 0 Å². The van der Waals surface area contributed by atoms with Crippen LogP contribution in [0.3, 0.4) is 0 Å². The molecule has 0 bridgehead atoms. The lowest BCUT2D eigenvalue weighted by atomic mass is 9.91. The Morgan fingerprint density at radius 2 is 1.82 bits per heavy atom. The molecule has 1 aliphatic rings. The summed E-state index contributed by atoms with van der Waals surface area (Å²) in [5.74, 6) is 0.259. The number of likely N-dealkylation sites (tertiary alicyclic amines) is 1. The van der Waals surface area contributed by atoms with Crippen LogP contribution in [0.15, 0.2) is 0 Å². The topological polar surface area (TPSA) is 40.6 Å². The molecule has 1 atom stereocenters. The summed E-state index contributed by atoms with van der Waals surface area (Å²) in [7, 11) is 3.54. The van der Waals surface area contributed by atoms with Gasteiger partial charge in [-0.05, 0) is 12.8 Å². The van der Waals surface area contributed by atoms with Gasteiger partial charge in [0.15, 0.2) is 0 Å². The van der Waals surface area contributed by atoms with E-state index in [1.54, 1.807) is 19.0 Å². The van der Waals surface area contributed by atoms with E-state index >= 15 is 0 Å². The van der Waals surface area contributed by atoms with Crippen molar-refractivity contribution in [1.82, 2.24) is 9.80 Å². The van der Waals surface area contributed by atoms with Crippen molar-refractivity contribution in [2.75, 3.05) is 27.2 Å². The van der Waals surface area contributed by atoms with Crippen LogP contribution in [0.4, 0.5) is 0 Å². The summed E-state index contributed by atoms with van der Waals surface area (Å²) >= 11 is 0. The Hall–Kier alpha value is -1.06. The fourth-order valence-corrected chi connectivity index (χ4v) is 2.20. The first-order valence-electron chi connectivity index (χ1n) is 6.24. The first kappa shape index (κ1) is 14.0. The van der Waals surface area contributed by atoms with Crippen molar-refractivity contribution in [3.8, 4) is 0 Å². The molecule has 2 amide bonds. The zero-order valence-corrected chi connectivity index (χ0v) is 11.6. The number of carbonyl (C=O) groups is 2. The zero-order chi connectivity index (χ0) is 13.2. The van der Waals surface area contributed by atoms with Gasteiger partial charge in [0.2, 0.25) is 11.8 Å². The molecule has 1 heterocycles. The number of amides is 2. The minimum atomic E-state index is -0.358. The van der Waals surface area contributed by atoms with E-state index in [1.807, 2.05) is 25.7 Å². The Labute approximate surface area is 104 Å². The van der Waals surface area contributed by atoms with E-state index in [0.717, 1.165) is 19.4 Å². The molecular formula is C13H24N2O2. The van der Waals surface area contributed by atoms with E-state index in [-0.39, 0.29) is 23.1 Å². The summed E-state index contributed by atoms with van der Waals surface area (Å²) in [6.07, 6.45) is 1.82. The van der Waals surface area contributed by atoms with E-state index in [4.69, 9.17) is 0 Å². The van der Waals surface area contributed by atoms with Crippen molar-refractivity contribution in [2.45, 2.75) is 33.6 Å². The maximum Gasteiger partial charge on any atom is 0.227 e. The van der Waals surface area contributed by atoms with Crippen LogP contribution in [-0.2, 0) is 9.59 Å². The van der Waals surface area contributed by atoms with E-state index in [0.29, 0.717) is 6.54 Å². The molecule has 1 rings (SSSR count). The molecule has 0 spiro atoms. The van der Waals surface area contributed by atoms with Gasteiger partial charge in [0, 0.05) is 32.6 Å². The van der Waals surface area contributed by atoms with Crippen LogP contribution in [-0.4, -0.2) is 48.8 Å². The Bertz CT molecular complexity index is 305. The van der Waals surface area contributed by atoms with Crippen LogP contribution in [0.1, 0.15) is 33.6 Å². The highest BCUT2D eigenvalue weighted by Crippen LogP contribution is 2.24. The summed E-state index contributed by atoms with van der Waals surface area (Å²) in [6.45, 7) is 7.13. The Kier molecular flexibility index (Phi) is 4.17. The van der Waals surface area contributed by atoms with Crippen LogP contribution >= 0.6 is 0 Å². The smallest absolute Gasteiger partial charge is 0.227 e. The number of nitrogens with zero attached hydrogens (tertiary/aromatic N) is 2. The molecule has 4 heteroatoms. The van der Waals surface area contributed by atoms with Crippen LogP contribution in [0.5, 0.6) is 0 Å². The quantitative estimate of drug-likeness (QED) is 0.694. The number of piperidine rings is 1. The van der Waals surface area contributed by atoms with Crippen LogP contribution in [0, 0.1) is 11.3 Å². The van der Waals surface area contributed by atoms with Crippen molar-refractivity contribution in [1.29, 1.82) is 0 Å². The molecule has 1 saturated heterocycles. The average Bonchev–Trinajstić information content (AvgIpc) is 2.25. The van der Waals surface area contributed by atoms with Gasteiger partial charge in [-0.25, -0.2) is 0 Å². The maximum atomic E-state index is 12.2. The van der Waals surface area contributed by atoms with Gasteiger partial charge in [0.05, 0.1) is 5.92 Å². The summed E-state index contributed by atoms with van der Waals surface area (Å²) in [6, 6.07) is 0. The van der Waals surface area contributed by atoms with Crippen molar-refractivity contribution >= 4 is 11.8 Å². The highest BCUT2D eigenvalue weighted by Gasteiger charge is 2.33. The minimum absolute atomic E-state index is 0.0231. The molecule has 0 N–H and O–H groups in total. The summed E-state index contributed by atoms with van der Waals surface area (Å²) in [4.78, 5) is 27.5. The maximum absolute atomic E-state index is 12.2. The van der Waals surface area contributed by atoms with Gasteiger partial charge in [-0.3, -0.25) is 9.59 Å². The third-order valence-electron chi connectivity index (χ3n) is 3.14. The van der Waals surface area contributed by atoms with Crippen LogP contribution in [0.2, 0.25) is 0 Å². The highest BCUT2D eigenvalue weighted by molar-refractivity contribution is 5.83. The molecule has 4 nitrogen and oxygen atoms in total. The largest absolute Gasteiger partial charge is 0.349 e. The lowest BCUT2D eigenvalue weighted by molar-refractivity contribution is -0.144. The minimum Gasteiger partial charge on any atom is -0.349 e. The third kappa shape index (κ3) is 3.45. The van der Waals surface area contributed by atoms with E-state index in [2.05, 4.69) is 0 Å². The fraction of sp³-hybridized carbons (Fsp3) is 0.846. The van der Waals surface area contributed by atoms with Crippen molar-refractivity contribution in [3.05, 3.63) is 0 Å². The molecule has 1 unspecified atom stereocenters. The normalized spacial score (nSPS) is 21.2. The lowest BCUT2D eigenvalue weighted by Gasteiger charge is -2.36.